The van der Waals surface area contributed by atoms with Gasteiger partial charge in [-0.3, -0.25) is 0 Å². The van der Waals surface area contributed by atoms with Crippen molar-refractivity contribution in [2.75, 3.05) is 18.5 Å². The van der Waals surface area contributed by atoms with Gasteiger partial charge in [-0.25, -0.2) is 4.98 Å². The van der Waals surface area contributed by atoms with Crippen LogP contribution in [0.1, 0.15) is 31.2 Å². The fourth-order valence-corrected chi connectivity index (χ4v) is 2.92. The van der Waals surface area contributed by atoms with E-state index in [1.807, 2.05) is 13.1 Å². The van der Waals surface area contributed by atoms with Crippen molar-refractivity contribution in [2.45, 2.75) is 44.8 Å². The molecule has 4 nitrogen and oxygen atoms in total. The van der Waals surface area contributed by atoms with Crippen molar-refractivity contribution in [3.63, 3.8) is 0 Å². The van der Waals surface area contributed by atoms with E-state index in [1.54, 1.807) is 0 Å². The van der Waals surface area contributed by atoms with Gasteiger partial charge in [0.15, 0.2) is 0 Å². The molecule has 1 aromatic heterocycles. The van der Waals surface area contributed by atoms with Crippen molar-refractivity contribution in [2.24, 2.45) is 5.73 Å². The third-order valence-corrected chi connectivity index (χ3v) is 4.05. The van der Waals surface area contributed by atoms with E-state index >= 15 is 0 Å². The van der Waals surface area contributed by atoms with Crippen molar-refractivity contribution in [3.05, 3.63) is 22.3 Å². The highest BCUT2D eigenvalue weighted by molar-refractivity contribution is 9.10. The van der Waals surface area contributed by atoms with Crippen LogP contribution in [0, 0.1) is 6.92 Å². The topological polar surface area (TPSA) is 60.2 Å². The number of nitrogens with zero attached hydrogens (tertiary/aromatic N) is 1. The molecular weight excluding hydrogens is 306 g/mol. The van der Waals surface area contributed by atoms with Crippen LogP contribution in [-0.2, 0) is 4.74 Å². The van der Waals surface area contributed by atoms with Crippen LogP contribution in [0.3, 0.4) is 0 Å². The first-order chi connectivity index (χ1) is 9.15. The summed E-state index contributed by atoms with van der Waals surface area (Å²) in [5, 5.41) is 3.28. The molecule has 2 rings (SSSR count). The van der Waals surface area contributed by atoms with Gasteiger partial charge in [0.25, 0.3) is 0 Å². The van der Waals surface area contributed by atoms with Gasteiger partial charge in [-0.15, -0.1) is 0 Å². The Morgan fingerprint density at radius 2 is 2.16 bits per heavy atom. The minimum Gasteiger partial charge on any atom is -0.376 e. The first-order valence-corrected chi connectivity index (χ1v) is 7.67. The lowest BCUT2D eigenvalue weighted by Gasteiger charge is -2.26. The number of halogens is 1. The molecule has 1 aliphatic rings. The summed E-state index contributed by atoms with van der Waals surface area (Å²) in [7, 11) is 0. The highest BCUT2D eigenvalue weighted by Crippen LogP contribution is 2.21. The predicted octanol–water partition coefficient (Wildman–Crippen LogP) is 2.85. The number of pyridine rings is 1. The molecule has 0 atom stereocenters. The molecular formula is C14H22BrN3O. The largest absolute Gasteiger partial charge is 0.376 e. The molecule has 0 spiro atoms. The molecule has 5 heteroatoms. The number of nitrogens with two attached hydrogens (primary N) is 1. The molecule has 1 heterocycles. The maximum absolute atomic E-state index is 5.88. The van der Waals surface area contributed by atoms with Gasteiger partial charge in [0.1, 0.15) is 5.82 Å². The summed E-state index contributed by atoms with van der Waals surface area (Å²) in [6.07, 6.45) is 6.60. The standard InChI is InChI=1S/C14H22BrN3O/c1-10-8-13(15)14(18-9-10)17-6-7-19-12-4-2-11(16)3-5-12/h8-9,11-12H,2-7,16H2,1H3,(H,17,18). The van der Waals surface area contributed by atoms with Crippen LogP contribution in [0.5, 0.6) is 0 Å². The molecule has 1 fully saturated rings. The number of aryl methyl sites for hydroxylation is 1. The van der Waals surface area contributed by atoms with Crippen molar-refractivity contribution in [1.29, 1.82) is 0 Å². The normalized spacial score (nSPS) is 23.3. The second-order valence-corrected chi connectivity index (χ2v) is 6.03. The molecule has 0 unspecified atom stereocenters. The second-order valence-electron chi connectivity index (χ2n) is 5.18. The van der Waals surface area contributed by atoms with Gasteiger partial charge in [0, 0.05) is 18.8 Å². The third-order valence-electron chi connectivity index (χ3n) is 3.44. The van der Waals surface area contributed by atoms with Crippen molar-refractivity contribution in [3.8, 4) is 0 Å². The second kappa shape index (κ2) is 7.22. The van der Waals surface area contributed by atoms with Gasteiger partial charge in [-0.1, -0.05) is 0 Å². The number of ether oxygens (including phenoxy) is 1. The zero-order chi connectivity index (χ0) is 13.7. The van der Waals surface area contributed by atoms with Gasteiger partial charge < -0.3 is 15.8 Å². The van der Waals surface area contributed by atoms with Crippen LogP contribution in [0.4, 0.5) is 5.82 Å². The molecule has 0 aliphatic heterocycles. The lowest BCUT2D eigenvalue weighted by Crippen LogP contribution is -2.31. The Morgan fingerprint density at radius 1 is 1.42 bits per heavy atom. The molecule has 19 heavy (non-hydrogen) atoms. The van der Waals surface area contributed by atoms with E-state index in [0.29, 0.717) is 18.8 Å². The summed E-state index contributed by atoms with van der Waals surface area (Å²) in [6.45, 7) is 3.51. The number of nitrogens with one attached hydrogen (secondary N) is 1. The smallest absolute Gasteiger partial charge is 0.140 e. The predicted molar refractivity (Wildman–Crippen MR) is 81.3 cm³/mol. The fraction of sp³-hybridized carbons (Fsp3) is 0.643. The zero-order valence-corrected chi connectivity index (χ0v) is 12.9. The van der Waals surface area contributed by atoms with Crippen LogP contribution < -0.4 is 11.1 Å². The molecule has 3 N–H and O–H groups in total. The number of rotatable bonds is 5. The molecule has 0 bridgehead atoms. The van der Waals surface area contributed by atoms with E-state index in [4.69, 9.17) is 10.5 Å². The Hall–Kier alpha value is -0.650. The number of hydrogen-bond donors (Lipinski definition) is 2. The van der Waals surface area contributed by atoms with E-state index in [0.717, 1.165) is 48.1 Å². The molecule has 0 amide bonds. The summed E-state index contributed by atoms with van der Waals surface area (Å²) in [5.41, 5.74) is 7.02. The summed E-state index contributed by atoms with van der Waals surface area (Å²) >= 11 is 3.50. The first kappa shape index (κ1) is 14.8. The van der Waals surface area contributed by atoms with Crippen LogP contribution in [0.25, 0.3) is 0 Å². The third kappa shape index (κ3) is 4.75. The van der Waals surface area contributed by atoms with Crippen LogP contribution in [0.2, 0.25) is 0 Å². The van der Waals surface area contributed by atoms with E-state index in [9.17, 15) is 0 Å². The van der Waals surface area contributed by atoms with Gasteiger partial charge in [-0.05, 0) is 60.2 Å². The summed E-state index contributed by atoms with van der Waals surface area (Å²) < 4.78 is 6.85. The van der Waals surface area contributed by atoms with E-state index < -0.39 is 0 Å². The van der Waals surface area contributed by atoms with Gasteiger partial charge >= 0.3 is 0 Å². The Balaban J connectivity index is 1.66. The highest BCUT2D eigenvalue weighted by atomic mass is 79.9. The quantitative estimate of drug-likeness (QED) is 0.816. The monoisotopic (exact) mass is 327 g/mol. The van der Waals surface area contributed by atoms with Crippen LogP contribution in [0.15, 0.2) is 16.7 Å². The van der Waals surface area contributed by atoms with Gasteiger partial charge in [0.05, 0.1) is 17.2 Å². The highest BCUT2D eigenvalue weighted by Gasteiger charge is 2.18. The molecule has 106 valence electrons. The SMILES string of the molecule is Cc1cnc(NCCOC2CCC(N)CC2)c(Br)c1. The summed E-state index contributed by atoms with van der Waals surface area (Å²) in [5.74, 6) is 0.875. The molecule has 1 saturated carbocycles. The Morgan fingerprint density at radius 3 is 2.84 bits per heavy atom. The average molecular weight is 328 g/mol. The molecule has 0 aromatic carbocycles. The Bertz CT molecular complexity index is 406. The van der Waals surface area contributed by atoms with E-state index in [-0.39, 0.29) is 0 Å². The Labute approximate surface area is 123 Å². The van der Waals surface area contributed by atoms with Gasteiger partial charge in [0.2, 0.25) is 0 Å². The van der Waals surface area contributed by atoms with Gasteiger partial charge in [-0.2, -0.15) is 0 Å². The number of anilines is 1. The molecule has 1 aromatic rings. The summed E-state index contributed by atoms with van der Waals surface area (Å²) in [4.78, 5) is 4.34. The van der Waals surface area contributed by atoms with Crippen LogP contribution in [-0.4, -0.2) is 30.3 Å². The molecule has 0 saturated heterocycles. The lowest BCUT2D eigenvalue weighted by atomic mass is 9.94. The zero-order valence-electron chi connectivity index (χ0n) is 11.4. The lowest BCUT2D eigenvalue weighted by molar-refractivity contribution is 0.0313. The minimum absolute atomic E-state index is 0.380. The number of hydrogen-bond acceptors (Lipinski definition) is 4. The first-order valence-electron chi connectivity index (χ1n) is 6.88. The van der Waals surface area contributed by atoms with Crippen molar-refractivity contribution < 1.29 is 4.74 Å². The molecule has 0 radical (unpaired) electrons. The van der Waals surface area contributed by atoms with E-state index in [2.05, 4.69) is 32.3 Å². The maximum atomic E-state index is 5.88. The average Bonchev–Trinajstić information content (AvgIpc) is 2.39. The Kier molecular flexibility index (Phi) is 5.60. The maximum Gasteiger partial charge on any atom is 0.140 e. The fourth-order valence-electron chi connectivity index (χ4n) is 2.31. The molecule has 1 aliphatic carbocycles. The van der Waals surface area contributed by atoms with Crippen molar-refractivity contribution in [1.82, 2.24) is 4.98 Å². The van der Waals surface area contributed by atoms with Crippen molar-refractivity contribution >= 4 is 21.7 Å². The van der Waals surface area contributed by atoms with Crippen LogP contribution >= 0.6 is 15.9 Å². The number of aromatic nitrogens is 1. The minimum atomic E-state index is 0.380. The van der Waals surface area contributed by atoms with E-state index in [1.165, 1.54) is 0 Å². The summed E-state index contributed by atoms with van der Waals surface area (Å²) in [6, 6.07) is 2.43.